The van der Waals surface area contributed by atoms with Crippen molar-refractivity contribution in [3.05, 3.63) is 36.2 Å². The predicted octanol–water partition coefficient (Wildman–Crippen LogP) is 4.44. The van der Waals surface area contributed by atoms with Gasteiger partial charge < -0.3 is 10.2 Å². The molecule has 1 amide bonds. The molecule has 0 saturated carbocycles. The highest BCUT2D eigenvalue weighted by atomic mass is 32.2. The second-order valence-electron chi connectivity index (χ2n) is 6.40. The summed E-state index contributed by atoms with van der Waals surface area (Å²) in [6.07, 6.45) is -0.898. The molecule has 1 aliphatic heterocycles. The van der Waals surface area contributed by atoms with Gasteiger partial charge in [0.05, 0.1) is 17.0 Å². The fraction of sp³-hybridized carbons (Fsp3) is 0.333. The van der Waals surface area contributed by atoms with Crippen LogP contribution in [0.3, 0.4) is 0 Å². The number of alkyl halides is 3. The van der Waals surface area contributed by atoms with Crippen molar-refractivity contribution in [2.75, 3.05) is 29.1 Å². The summed E-state index contributed by atoms with van der Waals surface area (Å²) in [5, 5.41) is 3.81. The first-order valence-corrected chi connectivity index (χ1v) is 10.7. The Bertz CT molecular complexity index is 1030. The van der Waals surface area contributed by atoms with Crippen LogP contribution in [-0.2, 0) is 11.0 Å². The predicted molar refractivity (Wildman–Crippen MR) is 107 cm³/mol. The summed E-state index contributed by atoms with van der Waals surface area (Å²) >= 11 is 2.63. The number of fused-ring (bicyclic) bond motifs is 1. The first kappa shape index (κ1) is 19.9. The standard InChI is InChI=1S/C18H16F3N5OS2/c19-18(20,21)11-5-1-2-6-12(11)24-13(27)9-28-16-14-15(22-10-23-16)25-17(29-14)26-7-3-4-8-26/h1-2,5-6,10H,3-4,7-9H2,(H,24,27). The number of carbonyl (C=O) groups is 1. The molecule has 29 heavy (non-hydrogen) atoms. The number of amides is 1. The van der Waals surface area contributed by atoms with Crippen LogP contribution in [0.1, 0.15) is 18.4 Å². The average molecular weight is 439 g/mol. The number of carbonyl (C=O) groups excluding carboxylic acids is 1. The van der Waals surface area contributed by atoms with Gasteiger partial charge in [-0.25, -0.2) is 9.97 Å². The Labute approximate surface area is 172 Å². The van der Waals surface area contributed by atoms with Gasteiger partial charge in [0.1, 0.15) is 16.1 Å². The van der Waals surface area contributed by atoms with Crippen molar-refractivity contribution in [3.8, 4) is 0 Å². The van der Waals surface area contributed by atoms with Gasteiger partial charge in [0.25, 0.3) is 0 Å². The molecule has 1 aliphatic rings. The molecule has 0 spiro atoms. The van der Waals surface area contributed by atoms with Crippen LogP contribution >= 0.6 is 23.1 Å². The quantitative estimate of drug-likeness (QED) is 0.468. The van der Waals surface area contributed by atoms with Gasteiger partial charge in [-0.2, -0.15) is 18.2 Å². The Morgan fingerprint density at radius 2 is 1.97 bits per heavy atom. The molecule has 1 fully saturated rings. The van der Waals surface area contributed by atoms with Crippen LogP contribution in [0.25, 0.3) is 10.3 Å². The number of halogens is 3. The zero-order chi connectivity index (χ0) is 20.4. The summed E-state index contributed by atoms with van der Waals surface area (Å²) in [6, 6.07) is 4.91. The van der Waals surface area contributed by atoms with E-state index < -0.39 is 17.6 Å². The van der Waals surface area contributed by atoms with Gasteiger partial charge in [-0.1, -0.05) is 35.2 Å². The third-order valence-corrected chi connectivity index (χ3v) is 6.60. The van der Waals surface area contributed by atoms with Crippen LogP contribution in [0.2, 0.25) is 0 Å². The Kier molecular flexibility index (Phi) is 5.59. The lowest BCUT2D eigenvalue weighted by Gasteiger charge is -2.13. The molecule has 0 unspecified atom stereocenters. The van der Waals surface area contributed by atoms with Gasteiger partial charge in [0.15, 0.2) is 10.8 Å². The van der Waals surface area contributed by atoms with Crippen molar-refractivity contribution < 1.29 is 18.0 Å². The van der Waals surface area contributed by atoms with Crippen LogP contribution in [-0.4, -0.2) is 39.7 Å². The molecule has 0 atom stereocenters. The number of rotatable bonds is 5. The van der Waals surface area contributed by atoms with Crippen molar-refractivity contribution >= 4 is 50.2 Å². The van der Waals surface area contributed by atoms with Crippen LogP contribution < -0.4 is 10.2 Å². The molecular weight excluding hydrogens is 423 g/mol. The van der Waals surface area contributed by atoms with Crippen LogP contribution in [0.4, 0.5) is 24.0 Å². The molecule has 3 heterocycles. The summed E-state index contributed by atoms with van der Waals surface area (Å²) < 4.78 is 40.0. The molecule has 2 aromatic heterocycles. The third kappa shape index (κ3) is 4.45. The van der Waals surface area contributed by atoms with E-state index in [4.69, 9.17) is 0 Å². The molecule has 1 aromatic carbocycles. The van der Waals surface area contributed by atoms with Crippen molar-refractivity contribution in [3.63, 3.8) is 0 Å². The second kappa shape index (κ2) is 8.15. The van der Waals surface area contributed by atoms with Crippen molar-refractivity contribution in [1.82, 2.24) is 15.0 Å². The molecule has 1 saturated heterocycles. The summed E-state index contributed by atoms with van der Waals surface area (Å²) in [6.45, 7) is 1.91. The van der Waals surface area contributed by atoms with E-state index in [-0.39, 0.29) is 11.4 Å². The largest absolute Gasteiger partial charge is 0.418 e. The molecule has 6 nitrogen and oxygen atoms in total. The Balaban J connectivity index is 1.47. The lowest BCUT2D eigenvalue weighted by atomic mass is 10.1. The van der Waals surface area contributed by atoms with Gasteiger partial charge >= 0.3 is 6.18 Å². The molecule has 4 rings (SSSR count). The van der Waals surface area contributed by atoms with Crippen LogP contribution in [0.5, 0.6) is 0 Å². The lowest BCUT2D eigenvalue weighted by molar-refractivity contribution is -0.137. The van der Waals surface area contributed by atoms with Crippen molar-refractivity contribution in [2.24, 2.45) is 0 Å². The van der Waals surface area contributed by atoms with E-state index >= 15 is 0 Å². The molecule has 0 radical (unpaired) electrons. The topological polar surface area (TPSA) is 71.0 Å². The number of hydrogen-bond donors (Lipinski definition) is 1. The van der Waals surface area contributed by atoms with Crippen molar-refractivity contribution in [1.29, 1.82) is 0 Å². The Morgan fingerprint density at radius 1 is 1.21 bits per heavy atom. The number of hydrogen-bond acceptors (Lipinski definition) is 7. The van der Waals surface area contributed by atoms with Gasteiger partial charge in [-0.05, 0) is 25.0 Å². The van der Waals surface area contributed by atoms with E-state index in [1.807, 2.05) is 0 Å². The lowest BCUT2D eigenvalue weighted by Crippen LogP contribution is -2.18. The van der Waals surface area contributed by atoms with E-state index in [0.717, 1.165) is 53.6 Å². The maximum Gasteiger partial charge on any atom is 0.418 e. The zero-order valence-corrected chi connectivity index (χ0v) is 16.7. The van der Waals surface area contributed by atoms with Crippen molar-refractivity contribution in [2.45, 2.75) is 24.0 Å². The summed E-state index contributed by atoms with van der Waals surface area (Å²) in [5.74, 6) is -0.613. The summed E-state index contributed by atoms with van der Waals surface area (Å²) in [4.78, 5) is 27.4. The maximum atomic E-state index is 13.1. The second-order valence-corrected chi connectivity index (χ2v) is 8.34. The number of thioether (sulfide) groups is 1. The number of anilines is 2. The smallest absolute Gasteiger partial charge is 0.348 e. The highest BCUT2D eigenvalue weighted by Crippen LogP contribution is 2.36. The van der Waals surface area contributed by atoms with E-state index in [9.17, 15) is 18.0 Å². The van der Waals surface area contributed by atoms with Gasteiger partial charge in [-0.15, -0.1) is 0 Å². The van der Waals surface area contributed by atoms with Gasteiger partial charge in [0.2, 0.25) is 5.91 Å². The van der Waals surface area contributed by atoms with E-state index in [1.165, 1.54) is 35.9 Å². The zero-order valence-electron chi connectivity index (χ0n) is 15.1. The number of thiazole rings is 1. The fourth-order valence-corrected chi connectivity index (χ4v) is 4.97. The minimum atomic E-state index is -4.54. The number of benzene rings is 1. The SMILES string of the molecule is O=C(CSc1ncnc2nc(N3CCCC3)sc12)Nc1ccccc1C(F)(F)F. The molecule has 1 N–H and O–H groups in total. The Hall–Kier alpha value is -2.40. The molecule has 11 heteroatoms. The summed E-state index contributed by atoms with van der Waals surface area (Å²) in [5.41, 5.74) is -0.565. The first-order valence-electron chi connectivity index (χ1n) is 8.87. The van der Waals surface area contributed by atoms with Gasteiger partial charge in [-0.3, -0.25) is 4.79 Å². The number of aromatic nitrogens is 3. The minimum absolute atomic E-state index is 0.0742. The minimum Gasteiger partial charge on any atom is -0.348 e. The summed E-state index contributed by atoms with van der Waals surface area (Å²) in [7, 11) is 0. The molecule has 0 aliphatic carbocycles. The van der Waals surface area contributed by atoms with E-state index in [1.54, 1.807) is 0 Å². The first-order chi connectivity index (χ1) is 13.9. The van der Waals surface area contributed by atoms with Crippen LogP contribution in [0.15, 0.2) is 35.6 Å². The Morgan fingerprint density at radius 3 is 2.72 bits per heavy atom. The number of para-hydroxylation sites is 1. The number of nitrogens with zero attached hydrogens (tertiary/aromatic N) is 4. The maximum absolute atomic E-state index is 13.1. The normalized spacial score (nSPS) is 14.5. The molecule has 152 valence electrons. The highest BCUT2D eigenvalue weighted by Gasteiger charge is 2.33. The van der Waals surface area contributed by atoms with E-state index in [0.29, 0.717) is 10.7 Å². The monoisotopic (exact) mass is 439 g/mol. The molecule has 0 bridgehead atoms. The number of nitrogens with one attached hydrogen (secondary N) is 1. The molecular formula is C18H16F3N5OS2. The third-order valence-electron chi connectivity index (χ3n) is 4.37. The highest BCUT2D eigenvalue weighted by molar-refractivity contribution is 8.00. The van der Waals surface area contributed by atoms with Crippen LogP contribution in [0, 0.1) is 0 Å². The van der Waals surface area contributed by atoms with E-state index in [2.05, 4.69) is 25.2 Å². The fourth-order valence-electron chi connectivity index (χ4n) is 3.03. The average Bonchev–Trinajstić information content (AvgIpc) is 3.35. The van der Waals surface area contributed by atoms with Gasteiger partial charge in [0, 0.05) is 13.1 Å². The molecule has 3 aromatic rings.